The van der Waals surface area contributed by atoms with Crippen molar-refractivity contribution >= 4 is 41.3 Å². The van der Waals surface area contributed by atoms with E-state index in [4.69, 9.17) is 0 Å². The average Bonchev–Trinajstić information content (AvgIpc) is 3.27. The number of rotatable bonds is 5. The fourth-order valence-electron chi connectivity index (χ4n) is 2.48. The molecule has 2 aromatic heterocycles. The van der Waals surface area contributed by atoms with Crippen molar-refractivity contribution in [3.05, 3.63) is 70.2 Å². The van der Waals surface area contributed by atoms with Gasteiger partial charge < -0.3 is 15.2 Å². The van der Waals surface area contributed by atoms with Crippen LogP contribution < -0.4 is 10.6 Å². The second-order valence-electron chi connectivity index (χ2n) is 5.49. The second-order valence-corrected chi connectivity index (χ2v) is 6.52. The van der Waals surface area contributed by atoms with Gasteiger partial charge in [-0.15, -0.1) is 35.3 Å². The van der Waals surface area contributed by atoms with Gasteiger partial charge in [0.05, 0.1) is 12.2 Å². The Balaban J connectivity index is 0.00000243. The summed E-state index contributed by atoms with van der Waals surface area (Å²) in [5.74, 6) is 1.16. The number of nitrogens with one attached hydrogen (secondary N) is 2. The minimum Gasteiger partial charge on any atom is -0.352 e. The van der Waals surface area contributed by atoms with E-state index in [0.29, 0.717) is 24.7 Å². The normalized spacial score (nSPS) is 11.1. The zero-order chi connectivity index (χ0) is 17.6. The highest BCUT2D eigenvalue weighted by atomic mass is 127. The van der Waals surface area contributed by atoms with E-state index in [0.717, 1.165) is 11.4 Å². The molecule has 0 saturated heterocycles. The largest absolute Gasteiger partial charge is 0.352 e. The molecule has 8 heteroatoms. The van der Waals surface area contributed by atoms with Crippen molar-refractivity contribution in [3.8, 4) is 5.69 Å². The van der Waals surface area contributed by atoms with Crippen molar-refractivity contribution in [1.29, 1.82) is 0 Å². The molecule has 0 spiro atoms. The third-order valence-corrected chi connectivity index (χ3v) is 4.67. The highest BCUT2D eigenvalue weighted by Crippen LogP contribution is 2.16. The van der Waals surface area contributed by atoms with Crippen molar-refractivity contribution in [2.24, 2.45) is 4.99 Å². The molecule has 0 amide bonds. The van der Waals surface area contributed by atoms with Gasteiger partial charge in [-0.25, -0.2) is 9.37 Å². The molecule has 2 N–H and O–H groups in total. The Labute approximate surface area is 173 Å². The lowest BCUT2D eigenvalue weighted by Crippen LogP contribution is -2.36. The Kier molecular flexibility index (Phi) is 7.58. The van der Waals surface area contributed by atoms with E-state index in [1.54, 1.807) is 41.4 Å². The Hall–Kier alpha value is -1.94. The maximum Gasteiger partial charge on any atom is 0.191 e. The van der Waals surface area contributed by atoms with Crippen LogP contribution in [0, 0.1) is 12.7 Å². The van der Waals surface area contributed by atoms with Crippen LogP contribution in [0.2, 0.25) is 0 Å². The van der Waals surface area contributed by atoms with E-state index >= 15 is 0 Å². The molecule has 0 aliphatic rings. The van der Waals surface area contributed by atoms with E-state index in [1.807, 2.05) is 24.4 Å². The van der Waals surface area contributed by atoms with Crippen LogP contribution in [0.25, 0.3) is 5.69 Å². The Bertz CT molecular complexity index is 860. The van der Waals surface area contributed by atoms with Gasteiger partial charge in [-0.3, -0.25) is 4.99 Å². The Morgan fingerprint density at radius 3 is 2.69 bits per heavy atom. The van der Waals surface area contributed by atoms with Crippen molar-refractivity contribution in [2.45, 2.75) is 20.0 Å². The molecular weight excluding hydrogens is 464 g/mol. The summed E-state index contributed by atoms with van der Waals surface area (Å²) in [5, 5.41) is 8.48. The quantitative estimate of drug-likeness (QED) is 0.328. The van der Waals surface area contributed by atoms with Crippen LogP contribution in [-0.2, 0) is 13.1 Å². The van der Waals surface area contributed by atoms with E-state index in [1.165, 1.54) is 10.9 Å². The molecular formula is C18H21FIN5S. The van der Waals surface area contributed by atoms with Gasteiger partial charge in [-0.05, 0) is 36.1 Å². The summed E-state index contributed by atoms with van der Waals surface area (Å²) in [6.45, 7) is 3.05. The molecule has 0 unspecified atom stereocenters. The van der Waals surface area contributed by atoms with Gasteiger partial charge in [-0.2, -0.15) is 0 Å². The van der Waals surface area contributed by atoms with Crippen LogP contribution in [0.4, 0.5) is 4.39 Å². The summed E-state index contributed by atoms with van der Waals surface area (Å²) < 4.78 is 16.1. The first kappa shape index (κ1) is 20.4. The van der Waals surface area contributed by atoms with Crippen LogP contribution in [-0.4, -0.2) is 22.6 Å². The molecule has 1 aromatic carbocycles. The van der Waals surface area contributed by atoms with Gasteiger partial charge in [0.1, 0.15) is 11.6 Å². The summed E-state index contributed by atoms with van der Waals surface area (Å²) in [5.41, 5.74) is 1.34. The number of aryl methyl sites for hydroxylation is 1. The van der Waals surface area contributed by atoms with Gasteiger partial charge >= 0.3 is 0 Å². The van der Waals surface area contributed by atoms with Crippen LogP contribution >= 0.6 is 35.3 Å². The molecule has 0 aliphatic heterocycles. The molecule has 26 heavy (non-hydrogen) atoms. The highest BCUT2D eigenvalue weighted by Gasteiger charge is 2.08. The monoisotopic (exact) mass is 485 g/mol. The SMILES string of the molecule is CN=C(NCc1ccc(-n2ccnc2C)c(F)c1)NCc1cccs1.I. The number of halogens is 2. The number of aromatic nitrogens is 2. The first-order chi connectivity index (χ1) is 12.2. The maximum atomic E-state index is 14.4. The first-order valence-corrected chi connectivity index (χ1v) is 8.81. The minimum absolute atomic E-state index is 0. The van der Waals surface area contributed by atoms with E-state index < -0.39 is 0 Å². The number of aliphatic imine (C=N–C) groups is 1. The predicted molar refractivity (Wildman–Crippen MR) is 115 cm³/mol. The highest BCUT2D eigenvalue weighted by molar-refractivity contribution is 14.0. The van der Waals surface area contributed by atoms with Crippen molar-refractivity contribution < 1.29 is 4.39 Å². The molecule has 0 radical (unpaired) electrons. The standard InChI is InChI=1S/C18H20FN5S.HI/c1-13-21-7-8-24(13)17-6-5-14(10-16(17)19)11-22-18(20-2)23-12-15-4-3-9-25-15;/h3-10H,11-12H2,1-2H3,(H2,20,22,23);1H. The molecule has 3 aromatic rings. The minimum atomic E-state index is -0.276. The fourth-order valence-corrected chi connectivity index (χ4v) is 3.12. The van der Waals surface area contributed by atoms with Crippen LogP contribution in [0.1, 0.15) is 16.3 Å². The lowest BCUT2D eigenvalue weighted by atomic mass is 10.2. The fraction of sp³-hybridized carbons (Fsp3) is 0.222. The number of thiophene rings is 1. The van der Waals surface area contributed by atoms with Crippen molar-refractivity contribution in [2.75, 3.05) is 7.05 Å². The van der Waals surface area contributed by atoms with Crippen LogP contribution in [0.3, 0.4) is 0 Å². The zero-order valence-corrected chi connectivity index (χ0v) is 17.7. The number of hydrogen-bond donors (Lipinski definition) is 2. The third-order valence-electron chi connectivity index (χ3n) is 3.79. The molecule has 0 atom stereocenters. The maximum absolute atomic E-state index is 14.4. The van der Waals surface area contributed by atoms with E-state index in [-0.39, 0.29) is 29.8 Å². The van der Waals surface area contributed by atoms with Gasteiger partial charge in [0.2, 0.25) is 0 Å². The summed E-state index contributed by atoms with van der Waals surface area (Å²) in [6, 6.07) is 9.29. The Morgan fingerprint density at radius 1 is 1.27 bits per heavy atom. The predicted octanol–water partition coefficient (Wildman–Crippen LogP) is 3.86. The summed E-state index contributed by atoms with van der Waals surface area (Å²) in [4.78, 5) is 9.55. The van der Waals surface area contributed by atoms with Crippen molar-refractivity contribution in [1.82, 2.24) is 20.2 Å². The topological polar surface area (TPSA) is 54.2 Å². The molecule has 5 nitrogen and oxygen atoms in total. The number of imidazole rings is 1. The molecule has 138 valence electrons. The van der Waals surface area contributed by atoms with E-state index in [2.05, 4.69) is 26.7 Å². The zero-order valence-electron chi connectivity index (χ0n) is 14.6. The summed E-state index contributed by atoms with van der Waals surface area (Å²) >= 11 is 1.69. The second kappa shape index (κ2) is 9.67. The van der Waals surface area contributed by atoms with Gasteiger partial charge in [0, 0.05) is 30.9 Å². The molecule has 3 rings (SSSR count). The molecule has 0 fully saturated rings. The summed E-state index contributed by atoms with van der Waals surface area (Å²) in [6.07, 6.45) is 3.41. The average molecular weight is 485 g/mol. The lowest BCUT2D eigenvalue weighted by Gasteiger charge is -2.12. The first-order valence-electron chi connectivity index (χ1n) is 7.93. The van der Waals surface area contributed by atoms with Gasteiger partial charge in [0.25, 0.3) is 0 Å². The van der Waals surface area contributed by atoms with Crippen LogP contribution in [0.15, 0.2) is 53.1 Å². The smallest absolute Gasteiger partial charge is 0.191 e. The lowest BCUT2D eigenvalue weighted by molar-refractivity contribution is 0.613. The number of guanidine groups is 1. The van der Waals surface area contributed by atoms with Crippen LogP contribution in [0.5, 0.6) is 0 Å². The summed E-state index contributed by atoms with van der Waals surface area (Å²) in [7, 11) is 1.72. The molecule has 0 saturated carbocycles. The van der Waals surface area contributed by atoms with Crippen molar-refractivity contribution in [3.63, 3.8) is 0 Å². The third kappa shape index (κ3) is 5.04. The number of benzene rings is 1. The number of hydrogen-bond acceptors (Lipinski definition) is 3. The Morgan fingerprint density at radius 2 is 2.08 bits per heavy atom. The molecule has 0 bridgehead atoms. The molecule has 2 heterocycles. The number of nitrogens with zero attached hydrogens (tertiary/aromatic N) is 3. The van der Waals surface area contributed by atoms with Gasteiger partial charge in [0.15, 0.2) is 5.96 Å². The van der Waals surface area contributed by atoms with Gasteiger partial charge in [-0.1, -0.05) is 12.1 Å². The van der Waals surface area contributed by atoms with E-state index in [9.17, 15) is 4.39 Å². The molecule has 0 aliphatic carbocycles.